The molecule has 4 rings (SSSR count). The fourth-order valence-corrected chi connectivity index (χ4v) is 4.57. The van der Waals surface area contributed by atoms with Gasteiger partial charge in [-0.2, -0.15) is 17.7 Å². The van der Waals surface area contributed by atoms with E-state index < -0.39 is 0 Å². The van der Waals surface area contributed by atoms with Gasteiger partial charge in [0.15, 0.2) is 0 Å². The molecule has 0 amide bonds. The largest absolute Gasteiger partial charge is 4.00 e. The summed E-state index contributed by atoms with van der Waals surface area (Å²) in [6.45, 7) is 8.78. The van der Waals surface area contributed by atoms with Gasteiger partial charge in [-0.25, -0.2) is 6.07 Å². The summed E-state index contributed by atoms with van der Waals surface area (Å²) in [6, 6.07) is 31.6. The Bertz CT molecular complexity index is 1040. The average molecular weight is 532 g/mol. The van der Waals surface area contributed by atoms with Crippen molar-refractivity contribution in [1.82, 2.24) is 0 Å². The third kappa shape index (κ3) is 8.09. The monoisotopic (exact) mass is 530 g/mol. The number of rotatable bonds is 5. The molecule has 0 spiro atoms. The van der Waals surface area contributed by atoms with Gasteiger partial charge in [0.1, 0.15) is 0 Å². The summed E-state index contributed by atoms with van der Waals surface area (Å²) in [5.74, 6) is 0.261. The smallest absolute Gasteiger partial charge is 1.00 e. The maximum absolute atomic E-state index is 2.40. The summed E-state index contributed by atoms with van der Waals surface area (Å²) in [5, 5.41) is 0. The minimum absolute atomic E-state index is 0. The van der Waals surface area contributed by atoms with Crippen molar-refractivity contribution in [2.24, 2.45) is 0 Å². The van der Waals surface area contributed by atoms with Gasteiger partial charge in [-0.3, -0.25) is 0 Å². The van der Waals surface area contributed by atoms with Crippen molar-refractivity contribution in [2.45, 2.75) is 40.0 Å². The van der Waals surface area contributed by atoms with Crippen molar-refractivity contribution in [3.05, 3.63) is 135 Å². The summed E-state index contributed by atoms with van der Waals surface area (Å²) in [5.41, 5.74) is 12.2. The van der Waals surface area contributed by atoms with Crippen LogP contribution in [0.1, 0.15) is 56.0 Å². The van der Waals surface area contributed by atoms with Crippen molar-refractivity contribution in [3.63, 3.8) is 0 Å². The first-order chi connectivity index (χ1) is 14.0. The Kier molecular flexibility index (Phi) is 13.5. The van der Waals surface area contributed by atoms with Crippen molar-refractivity contribution in [3.8, 4) is 0 Å². The Balaban J connectivity index is 0.00000256. The molecule has 0 radical (unpaired) electrons. The molecule has 0 aliphatic heterocycles. The van der Waals surface area contributed by atoms with Gasteiger partial charge in [-0.15, -0.1) is 5.56 Å². The summed E-state index contributed by atoms with van der Waals surface area (Å²) >= 11 is 0. The molecule has 0 nitrogen and oxygen atoms in total. The van der Waals surface area contributed by atoms with Crippen LogP contribution in [0.4, 0.5) is 0 Å². The zero-order valence-corrected chi connectivity index (χ0v) is 23.3. The first-order valence-corrected chi connectivity index (χ1v) is 10.4. The SMILES string of the molecule is Cc1cc(C)cc(C(c2cc(C)cc(C)c2)[c-]2ccc(Cc3ccccc3)c2)c1.[Cl-].[Cl-].[Cl-].[Ti+4]. The maximum Gasteiger partial charge on any atom is 4.00 e. The first-order valence-electron chi connectivity index (χ1n) is 10.4. The molecule has 0 aliphatic carbocycles. The number of benzene rings is 3. The number of halogens is 3. The molecule has 0 aliphatic rings. The van der Waals surface area contributed by atoms with E-state index in [2.05, 4.69) is 113 Å². The Morgan fingerprint density at radius 2 is 1.06 bits per heavy atom. The van der Waals surface area contributed by atoms with Gasteiger partial charge in [0.05, 0.1) is 0 Å². The molecule has 0 atom stereocenters. The van der Waals surface area contributed by atoms with Gasteiger partial charge >= 0.3 is 21.7 Å². The fourth-order valence-electron chi connectivity index (χ4n) is 4.57. The molecule has 0 heterocycles. The van der Waals surface area contributed by atoms with Crippen LogP contribution in [0, 0.1) is 27.7 Å². The molecule has 0 fully saturated rings. The van der Waals surface area contributed by atoms with E-state index in [1.54, 1.807) is 0 Å². The van der Waals surface area contributed by atoms with Gasteiger partial charge < -0.3 is 37.2 Å². The molecule has 4 heteroatoms. The van der Waals surface area contributed by atoms with E-state index >= 15 is 0 Å². The summed E-state index contributed by atoms with van der Waals surface area (Å²) in [6.07, 6.45) is 0.979. The van der Waals surface area contributed by atoms with Crippen LogP contribution in [0.3, 0.4) is 0 Å². The van der Waals surface area contributed by atoms with Crippen LogP contribution in [-0.4, -0.2) is 0 Å². The van der Waals surface area contributed by atoms with Crippen molar-refractivity contribution >= 4 is 0 Å². The van der Waals surface area contributed by atoms with E-state index in [1.165, 1.54) is 50.1 Å². The van der Waals surface area contributed by atoms with Gasteiger partial charge in [0.25, 0.3) is 0 Å². The van der Waals surface area contributed by atoms with E-state index in [1.807, 2.05) is 0 Å². The minimum Gasteiger partial charge on any atom is -1.00 e. The van der Waals surface area contributed by atoms with Crippen LogP contribution in [0.5, 0.6) is 0 Å². The van der Waals surface area contributed by atoms with Crippen LogP contribution in [0.25, 0.3) is 0 Å². The van der Waals surface area contributed by atoms with Crippen LogP contribution in [0.2, 0.25) is 0 Å². The van der Waals surface area contributed by atoms with E-state index in [-0.39, 0.29) is 64.9 Å². The Labute approximate surface area is 232 Å². The zero-order valence-electron chi connectivity index (χ0n) is 19.5. The summed E-state index contributed by atoms with van der Waals surface area (Å²) < 4.78 is 0. The van der Waals surface area contributed by atoms with E-state index in [0.717, 1.165) is 6.42 Å². The maximum atomic E-state index is 2.40. The standard InChI is InChI=1S/C29H29.3ClH.Ti/c1-20-12-21(2)15-27(14-20)29(28-16-22(3)13-23(4)17-28)26-11-10-25(19-26)18-24-8-6-5-7-9-24;;;;/h5-17,19,29H,18H2,1-4H3;3*1H;/q-1;;;;+4/p-3. The van der Waals surface area contributed by atoms with Gasteiger partial charge in [0.2, 0.25) is 0 Å². The second-order valence-electron chi connectivity index (χ2n) is 8.49. The van der Waals surface area contributed by atoms with Gasteiger partial charge in [-0.05, 0) is 44.7 Å². The topological polar surface area (TPSA) is 0 Å². The molecule has 0 aromatic heterocycles. The predicted molar refractivity (Wildman–Crippen MR) is 124 cm³/mol. The molecule has 4 aromatic carbocycles. The number of hydrogen-bond acceptors (Lipinski definition) is 0. The molecule has 0 saturated carbocycles. The molecular formula is C29H29Cl3Ti. The average Bonchev–Trinajstić information content (AvgIpc) is 3.09. The fraction of sp³-hybridized carbons (Fsp3) is 0.207. The van der Waals surface area contributed by atoms with Crippen LogP contribution in [-0.2, 0) is 28.1 Å². The normalized spacial score (nSPS) is 9.85. The molecule has 33 heavy (non-hydrogen) atoms. The summed E-state index contributed by atoms with van der Waals surface area (Å²) in [7, 11) is 0. The second kappa shape index (κ2) is 14.1. The molecular weight excluding hydrogens is 503 g/mol. The first kappa shape index (κ1) is 31.6. The van der Waals surface area contributed by atoms with Crippen molar-refractivity contribution in [1.29, 1.82) is 0 Å². The van der Waals surface area contributed by atoms with E-state index in [0.29, 0.717) is 0 Å². The van der Waals surface area contributed by atoms with Gasteiger partial charge in [-0.1, -0.05) is 101 Å². The van der Waals surface area contributed by atoms with E-state index in [4.69, 9.17) is 0 Å². The quantitative estimate of drug-likeness (QED) is 0.216. The molecule has 170 valence electrons. The molecule has 4 aromatic rings. The summed E-state index contributed by atoms with van der Waals surface area (Å²) in [4.78, 5) is 0. The van der Waals surface area contributed by atoms with Gasteiger partial charge in [0, 0.05) is 0 Å². The molecule has 0 N–H and O–H groups in total. The Hall–Kier alpha value is -1.41. The van der Waals surface area contributed by atoms with Crippen molar-refractivity contribution in [2.75, 3.05) is 0 Å². The number of hydrogen-bond donors (Lipinski definition) is 0. The second-order valence-corrected chi connectivity index (χ2v) is 8.49. The molecule has 0 bridgehead atoms. The number of aryl methyl sites for hydroxylation is 4. The molecule has 0 saturated heterocycles. The van der Waals surface area contributed by atoms with E-state index in [9.17, 15) is 0 Å². The molecule has 0 unspecified atom stereocenters. The van der Waals surface area contributed by atoms with Crippen molar-refractivity contribution < 1.29 is 58.9 Å². The van der Waals surface area contributed by atoms with Crippen LogP contribution < -0.4 is 37.2 Å². The Morgan fingerprint density at radius 3 is 1.52 bits per heavy atom. The third-order valence-corrected chi connectivity index (χ3v) is 5.58. The minimum atomic E-state index is 0. The van der Waals surface area contributed by atoms with Crippen LogP contribution in [0.15, 0.2) is 84.9 Å². The Morgan fingerprint density at radius 1 is 0.606 bits per heavy atom. The zero-order chi connectivity index (χ0) is 20.4. The predicted octanol–water partition coefficient (Wildman–Crippen LogP) is -1.58. The van der Waals surface area contributed by atoms with Crippen LogP contribution >= 0.6 is 0 Å². The third-order valence-electron chi connectivity index (χ3n) is 5.58.